The van der Waals surface area contributed by atoms with Crippen LogP contribution in [-0.4, -0.2) is 33.4 Å². The summed E-state index contributed by atoms with van der Waals surface area (Å²) in [5.41, 5.74) is -0.668. The molecule has 0 radical (unpaired) electrons. The summed E-state index contributed by atoms with van der Waals surface area (Å²) in [5, 5.41) is 16.9. The van der Waals surface area contributed by atoms with Crippen LogP contribution in [0.25, 0.3) is 0 Å². The van der Waals surface area contributed by atoms with Crippen molar-refractivity contribution >= 4 is 21.9 Å². The van der Waals surface area contributed by atoms with E-state index in [1.165, 1.54) is 0 Å². The first kappa shape index (κ1) is 16.2. The Kier molecular flexibility index (Phi) is 6.00. The first-order valence-electron chi connectivity index (χ1n) is 6.58. The maximum atomic E-state index is 11.4. The Bertz CT molecular complexity index is 416. The van der Waals surface area contributed by atoms with Gasteiger partial charge in [0.15, 0.2) is 0 Å². The average molecular weight is 332 g/mol. The third kappa shape index (κ3) is 4.31. The molecule has 19 heavy (non-hydrogen) atoms. The molecule has 0 spiro atoms. The third-order valence-corrected chi connectivity index (χ3v) is 4.07. The van der Waals surface area contributed by atoms with Gasteiger partial charge >= 0.3 is 5.97 Å². The summed E-state index contributed by atoms with van der Waals surface area (Å²) in [4.78, 5) is 11.4. The lowest BCUT2D eigenvalue weighted by Crippen LogP contribution is -2.44. The third-order valence-electron chi connectivity index (χ3n) is 3.66. The van der Waals surface area contributed by atoms with Crippen LogP contribution in [0.3, 0.4) is 0 Å². The van der Waals surface area contributed by atoms with Gasteiger partial charge in [0, 0.05) is 18.8 Å². The summed E-state index contributed by atoms with van der Waals surface area (Å²) < 4.78 is 2.78. The molecule has 0 aliphatic carbocycles. The van der Waals surface area contributed by atoms with E-state index in [2.05, 4.69) is 26.3 Å². The number of nitrogens with zero attached hydrogens (tertiary/aromatic N) is 2. The van der Waals surface area contributed by atoms with Gasteiger partial charge < -0.3 is 10.4 Å². The minimum Gasteiger partial charge on any atom is -0.481 e. The smallest absolute Gasteiger partial charge is 0.310 e. The van der Waals surface area contributed by atoms with Gasteiger partial charge in [-0.2, -0.15) is 5.10 Å². The molecule has 0 amide bonds. The number of halogens is 1. The summed E-state index contributed by atoms with van der Waals surface area (Å²) in [6.07, 6.45) is 4.91. The van der Waals surface area contributed by atoms with E-state index >= 15 is 0 Å². The highest BCUT2D eigenvalue weighted by Gasteiger charge is 2.34. The monoisotopic (exact) mass is 331 g/mol. The molecule has 1 rings (SSSR count). The summed E-state index contributed by atoms with van der Waals surface area (Å²) in [6.45, 7) is 7.09. The molecular weight excluding hydrogens is 310 g/mol. The highest BCUT2D eigenvalue weighted by Crippen LogP contribution is 2.25. The summed E-state index contributed by atoms with van der Waals surface area (Å²) in [7, 11) is 0. The number of nitrogens with one attached hydrogen (secondary N) is 1. The van der Waals surface area contributed by atoms with Gasteiger partial charge in [0.1, 0.15) is 0 Å². The van der Waals surface area contributed by atoms with Crippen LogP contribution in [0.2, 0.25) is 0 Å². The highest BCUT2D eigenvalue weighted by atomic mass is 79.9. The van der Waals surface area contributed by atoms with Gasteiger partial charge in [0.05, 0.1) is 22.6 Å². The molecule has 0 saturated heterocycles. The quantitative estimate of drug-likeness (QED) is 0.768. The Labute approximate surface area is 122 Å². The molecule has 1 unspecified atom stereocenters. The lowest BCUT2D eigenvalue weighted by atomic mass is 9.82. The fourth-order valence-corrected chi connectivity index (χ4v) is 2.36. The lowest BCUT2D eigenvalue weighted by Gasteiger charge is -2.28. The second-order valence-electron chi connectivity index (χ2n) is 4.96. The fourth-order valence-electron chi connectivity index (χ4n) is 2.03. The minimum absolute atomic E-state index is 0.170. The zero-order chi connectivity index (χ0) is 14.5. The van der Waals surface area contributed by atoms with Gasteiger partial charge in [-0.05, 0) is 35.7 Å². The number of carbonyl (C=O) groups is 1. The Hall–Kier alpha value is -0.880. The molecule has 1 aromatic heterocycles. The molecule has 1 aromatic rings. The molecule has 1 atom stereocenters. The molecule has 0 saturated carbocycles. The van der Waals surface area contributed by atoms with Crippen LogP contribution in [0, 0.1) is 5.41 Å². The zero-order valence-corrected chi connectivity index (χ0v) is 13.3. The fraction of sp³-hybridized carbons (Fsp3) is 0.692. The van der Waals surface area contributed by atoms with Crippen LogP contribution in [0.15, 0.2) is 16.9 Å². The lowest BCUT2D eigenvalue weighted by molar-refractivity contribution is -0.149. The second-order valence-corrected chi connectivity index (χ2v) is 5.87. The van der Waals surface area contributed by atoms with Gasteiger partial charge in [-0.25, -0.2) is 0 Å². The van der Waals surface area contributed by atoms with Crippen LogP contribution >= 0.6 is 15.9 Å². The number of carboxylic acids is 1. The van der Waals surface area contributed by atoms with E-state index in [9.17, 15) is 9.90 Å². The summed E-state index contributed by atoms with van der Waals surface area (Å²) in [6, 6.07) is 0.170. The molecule has 5 nitrogen and oxygen atoms in total. The van der Waals surface area contributed by atoms with E-state index in [-0.39, 0.29) is 6.04 Å². The van der Waals surface area contributed by atoms with Crippen LogP contribution in [0.1, 0.15) is 33.6 Å². The van der Waals surface area contributed by atoms with Gasteiger partial charge in [-0.1, -0.05) is 13.8 Å². The number of hydrogen-bond donors (Lipinski definition) is 2. The number of rotatable bonds is 8. The van der Waals surface area contributed by atoms with E-state index in [1.807, 2.05) is 31.6 Å². The van der Waals surface area contributed by atoms with Crippen molar-refractivity contribution in [1.29, 1.82) is 0 Å². The predicted molar refractivity (Wildman–Crippen MR) is 78.0 cm³/mol. The first-order chi connectivity index (χ1) is 8.93. The Balaban J connectivity index is 2.52. The summed E-state index contributed by atoms with van der Waals surface area (Å²) >= 11 is 3.35. The Morgan fingerprint density at radius 2 is 2.21 bits per heavy atom. The Morgan fingerprint density at radius 1 is 1.58 bits per heavy atom. The average Bonchev–Trinajstić information content (AvgIpc) is 2.76. The van der Waals surface area contributed by atoms with Crippen molar-refractivity contribution in [2.45, 2.75) is 46.2 Å². The largest absolute Gasteiger partial charge is 0.481 e. The van der Waals surface area contributed by atoms with E-state index in [0.29, 0.717) is 25.9 Å². The number of hydrogen-bond acceptors (Lipinski definition) is 3. The van der Waals surface area contributed by atoms with Crippen molar-refractivity contribution in [1.82, 2.24) is 15.1 Å². The first-order valence-corrected chi connectivity index (χ1v) is 7.37. The number of carboxylic acid groups (broad SMARTS) is 1. The van der Waals surface area contributed by atoms with Gasteiger partial charge in [0.25, 0.3) is 0 Å². The van der Waals surface area contributed by atoms with E-state index < -0.39 is 11.4 Å². The van der Waals surface area contributed by atoms with Gasteiger partial charge in [-0.15, -0.1) is 0 Å². The normalized spacial score (nSPS) is 13.5. The molecule has 0 bridgehead atoms. The van der Waals surface area contributed by atoms with Crippen LogP contribution in [0.4, 0.5) is 0 Å². The van der Waals surface area contributed by atoms with Crippen LogP contribution in [0.5, 0.6) is 0 Å². The van der Waals surface area contributed by atoms with Crippen LogP contribution < -0.4 is 5.32 Å². The minimum atomic E-state index is -0.723. The van der Waals surface area contributed by atoms with Crippen molar-refractivity contribution in [2.75, 3.05) is 6.54 Å². The second kappa shape index (κ2) is 7.05. The topological polar surface area (TPSA) is 67.2 Å². The van der Waals surface area contributed by atoms with E-state index in [0.717, 1.165) is 4.47 Å². The standard InChI is InChI=1S/C13H22BrN3O2/c1-4-13(5-2,12(18)19)9-15-10(3)7-17-8-11(14)6-16-17/h6,8,10,15H,4-5,7,9H2,1-3H3,(H,18,19). The molecule has 108 valence electrons. The zero-order valence-electron chi connectivity index (χ0n) is 11.7. The van der Waals surface area contributed by atoms with Crippen molar-refractivity contribution in [3.63, 3.8) is 0 Å². The SMILES string of the molecule is CCC(CC)(CNC(C)Cn1cc(Br)cn1)C(=O)O. The van der Waals surface area contributed by atoms with Crippen molar-refractivity contribution < 1.29 is 9.90 Å². The molecule has 6 heteroatoms. The predicted octanol–water partition coefficient (Wildman–Crippen LogP) is 2.51. The van der Waals surface area contributed by atoms with Gasteiger partial charge in [-0.3, -0.25) is 9.48 Å². The molecule has 0 aliphatic rings. The van der Waals surface area contributed by atoms with Crippen molar-refractivity contribution in [3.05, 3.63) is 16.9 Å². The molecule has 0 aliphatic heterocycles. The number of aliphatic carboxylic acids is 1. The van der Waals surface area contributed by atoms with Crippen molar-refractivity contribution in [3.8, 4) is 0 Å². The Morgan fingerprint density at radius 3 is 2.63 bits per heavy atom. The molecule has 0 aromatic carbocycles. The summed E-state index contributed by atoms with van der Waals surface area (Å²) in [5.74, 6) is -0.723. The van der Waals surface area contributed by atoms with Crippen LogP contribution in [-0.2, 0) is 11.3 Å². The molecule has 1 heterocycles. The molecule has 2 N–H and O–H groups in total. The van der Waals surface area contributed by atoms with E-state index in [1.54, 1.807) is 6.20 Å². The maximum Gasteiger partial charge on any atom is 0.310 e. The van der Waals surface area contributed by atoms with E-state index in [4.69, 9.17) is 0 Å². The molecule has 0 fully saturated rings. The maximum absolute atomic E-state index is 11.4. The van der Waals surface area contributed by atoms with Crippen molar-refractivity contribution in [2.24, 2.45) is 5.41 Å². The number of aromatic nitrogens is 2. The highest BCUT2D eigenvalue weighted by molar-refractivity contribution is 9.10. The van der Waals surface area contributed by atoms with Gasteiger partial charge in [0.2, 0.25) is 0 Å². The molecular formula is C13H22BrN3O2.